The molecule has 5 nitrogen and oxygen atoms in total. The molecule has 0 N–H and O–H groups in total. The number of sulfonamides is 1. The monoisotopic (exact) mass is 244 g/mol. The van der Waals surface area contributed by atoms with Gasteiger partial charge in [0.05, 0.1) is 18.3 Å². The molecule has 0 aromatic heterocycles. The first-order valence-electron chi connectivity index (χ1n) is 5.76. The summed E-state index contributed by atoms with van der Waals surface area (Å²) in [7, 11) is -3.15. The van der Waals surface area contributed by atoms with Gasteiger partial charge >= 0.3 is 0 Å². The van der Waals surface area contributed by atoms with E-state index in [1.165, 1.54) is 10.6 Å². The molecule has 2 saturated heterocycles. The van der Waals surface area contributed by atoms with Crippen molar-refractivity contribution in [3.63, 3.8) is 0 Å². The van der Waals surface area contributed by atoms with E-state index in [0.29, 0.717) is 19.0 Å². The second-order valence-electron chi connectivity index (χ2n) is 5.03. The molecule has 0 spiro atoms. The summed E-state index contributed by atoms with van der Waals surface area (Å²) in [5, 5.41) is 0. The van der Waals surface area contributed by atoms with E-state index in [1.54, 1.807) is 0 Å². The van der Waals surface area contributed by atoms with Gasteiger partial charge in [0.1, 0.15) is 0 Å². The lowest BCUT2D eigenvalue weighted by Crippen LogP contribution is -2.40. The number of hydrogen-bond acceptors (Lipinski definition) is 3. The second-order valence-corrected chi connectivity index (χ2v) is 6.97. The highest BCUT2D eigenvalue weighted by Crippen LogP contribution is 2.40. The zero-order valence-corrected chi connectivity index (χ0v) is 10.1. The van der Waals surface area contributed by atoms with Crippen LogP contribution < -0.4 is 0 Å². The summed E-state index contributed by atoms with van der Waals surface area (Å²) >= 11 is 0. The number of hydrogen-bond donors (Lipinski definition) is 0. The van der Waals surface area contributed by atoms with E-state index < -0.39 is 10.0 Å². The Morgan fingerprint density at radius 2 is 1.88 bits per heavy atom. The molecule has 3 aliphatic rings. The maximum Gasteiger partial charge on any atom is 0.224 e. The molecule has 16 heavy (non-hydrogen) atoms. The van der Waals surface area contributed by atoms with Crippen molar-refractivity contribution in [3.05, 3.63) is 0 Å². The first-order valence-corrected chi connectivity index (χ1v) is 7.61. The molecular weight excluding hydrogens is 228 g/mol. The first-order chi connectivity index (χ1) is 7.48. The van der Waals surface area contributed by atoms with Crippen LogP contribution in [0.2, 0.25) is 0 Å². The highest BCUT2D eigenvalue weighted by Gasteiger charge is 2.53. The van der Waals surface area contributed by atoms with Crippen LogP contribution in [-0.2, 0) is 14.8 Å². The van der Waals surface area contributed by atoms with Crippen molar-refractivity contribution in [3.8, 4) is 0 Å². The molecule has 0 radical (unpaired) electrons. The first kappa shape index (κ1) is 10.5. The van der Waals surface area contributed by atoms with Crippen LogP contribution in [0.25, 0.3) is 0 Å². The van der Waals surface area contributed by atoms with Crippen LogP contribution in [0.5, 0.6) is 0 Å². The highest BCUT2D eigenvalue weighted by molar-refractivity contribution is 7.88. The third-order valence-electron chi connectivity index (χ3n) is 3.85. The number of carbonyl (C=O) groups is 1. The molecule has 6 heteroatoms. The molecule has 0 bridgehead atoms. The molecule has 1 amide bonds. The fourth-order valence-electron chi connectivity index (χ4n) is 3.08. The summed E-state index contributed by atoms with van der Waals surface area (Å²) in [6.45, 7) is 0.574. The quantitative estimate of drug-likeness (QED) is 0.675. The third-order valence-corrected chi connectivity index (χ3v) is 5.16. The van der Waals surface area contributed by atoms with Crippen molar-refractivity contribution in [2.75, 3.05) is 12.8 Å². The highest BCUT2D eigenvalue weighted by atomic mass is 32.2. The predicted octanol–water partition coefficient (Wildman–Crippen LogP) is -0.216. The number of amides is 1. The molecule has 3 rings (SSSR count). The lowest BCUT2D eigenvalue weighted by molar-refractivity contribution is -0.129. The lowest BCUT2D eigenvalue weighted by atomic mass is 10.1. The summed E-state index contributed by atoms with van der Waals surface area (Å²) in [4.78, 5) is 13.8. The smallest absolute Gasteiger partial charge is 0.224 e. The van der Waals surface area contributed by atoms with Gasteiger partial charge in [-0.1, -0.05) is 0 Å². The van der Waals surface area contributed by atoms with Crippen LogP contribution in [0.1, 0.15) is 25.7 Å². The van der Waals surface area contributed by atoms with E-state index in [1.807, 2.05) is 4.90 Å². The number of rotatable bonds is 2. The Balaban J connectivity index is 1.86. The van der Waals surface area contributed by atoms with Gasteiger partial charge in [-0.15, -0.1) is 0 Å². The molecule has 2 aliphatic heterocycles. The maximum absolute atomic E-state index is 11.8. The summed E-state index contributed by atoms with van der Waals surface area (Å²) < 4.78 is 24.7. The number of fused-ring (bicyclic) bond motifs is 1. The van der Waals surface area contributed by atoms with E-state index in [0.717, 1.165) is 19.3 Å². The summed E-state index contributed by atoms with van der Waals surface area (Å²) in [5.74, 6) is 0.144. The minimum atomic E-state index is -3.15. The maximum atomic E-state index is 11.8. The van der Waals surface area contributed by atoms with Crippen LogP contribution in [0.15, 0.2) is 0 Å². The Hall–Kier alpha value is -0.620. The van der Waals surface area contributed by atoms with Crippen molar-refractivity contribution in [1.29, 1.82) is 0 Å². The van der Waals surface area contributed by atoms with Gasteiger partial charge < -0.3 is 4.90 Å². The van der Waals surface area contributed by atoms with E-state index in [4.69, 9.17) is 0 Å². The fraction of sp³-hybridized carbons (Fsp3) is 0.900. The van der Waals surface area contributed by atoms with Crippen molar-refractivity contribution in [2.45, 2.75) is 43.8 Å². The number of likely N-dealkylation sites (tertiary alicyclic amines) is 1. The van der Waals surface area contributed by atoms with Crippen molar-refractivity contribution in [2.24, 2.45) is 0 Å². The topological polar surface area (TPSA) is 57.7 Å². The molecular formula is C10H16N2O3S. The van der Waals surface area contributed by atoms with Gasteiger partial charge in [-0.25, -0.2) is 8.42 Å². The van der Waals surface area contributed by atoms with Gasteiger partial charge in [-0.2, -0.15) is 4.31 Å². The van der Waals surface area contributed by atoms with Gasteiger partial charge in [-0.3, -0.25) is 4.79 Å². The van der Waals surface area contributed by atoms with E-state index in [2.05, 4.69) is 0 Å². The number of carbonyl (C=O) groups excluding carboxylic acids is 1. The molecule has 1 saturated carbocycles. The van der Waals surface area contributed by atoms with E-state index in [-0.39, 0.29) is 18.0 Å². The van der Waals surface area contributed by atoms with Crippen LogP contribution in [0, 0.1) is 0 Å². The minimum Gasteiger partial charge on any atom is -0.335 e. The molecule has 2 atom stereocenters. The Morgan fingerprint density at radius 3 is 2.44 bits per heavy atom. The zero-order valence-electron chi connectivity index (χ0n) is 9.30. The second kappa shape index (κ2) is 3.20. The third kappa shape index (κ3) is 1.47. The van der Waals surface area contributed by atoms with Gasteiger partial charge in [-0.05, 0) is 19.3 Å². The Bertz CT molecular complexity index is 429. The van der Waals surface area contributed by atoms with Gasteiger partial charge in [0.15, 0.2) is 0 Å². The van der Waals surface area contributed by atoms with Crippen molar-refractivity contribution in [1.82, 2.24) is 9.21 Å². The van der Waals surface area contributed by atoms with E-state index >= 15 is 0 Å². The van der Waals surface area contributed by atoms with Gasteiger partial charge in [0, 0.05) is 19.0 Å². The zero-order chi connectivity index (χ0) is 11.5. The average Bonchev–Trinajstić information content (AvgIpc) is 2.79. The molecule has 0 aromatic carbocycles. The normalized spacial score (nSPS) is 35.8. The molecule has 3 fully saturated rings. The van der Waals surface area contributed by atoms with Crippen LogP contribution in [-0.4, -0.2) is 54.5 Å². The Kier molecular flexibility index (Phi) is 2.10. The van der Waals surface area contributed by atoms with Crippen LogP contribution >= 0.6 is 0 Å². The van der Waals surface area contributed by atoms with Crippen LogP contribution in [0.4, 0.5) is 0 Å². The SMILES string of the molecule is CS(=O)(=O)N1CC[C@H]2[C@@H]1CC(=O)N2C1CC1. The minimum absolute atomic E-state index is 0.0944. The Morgan fingerprint density at radius 1 is 1.19 bits per heavy atom. The summed E-state index contributed by atoms with van der Waals surface area (Å²) in [5.41, 5.74) is 0. The summed E-state index contributed by atoms with van der Waals surface area (Å²) in [6, 6.07) is 0.458. The van der Waals surface area contributed by atoms with Gasteiger partial charge in [0.2, 0.25) is 15.9 Å². The lowest BCUT2D eigenvalue weighted by Gasteiger charge is -2.24. The average molecular weight is 244 g/mol. The standard InChI is InChI=1S/C10H16N2O3S/c1-16(14,15)11-5-4-8-9(11)6-10(13)12(8)7-2-3-7/h7-9H,2-6H2,1H3/t8-,9-/m0/s1. The van der Waals surface area contributed by atoms with Crippen LogP contribution in [0.3, 0.4) is 0 Å². The van der Waals surface area contributed by atoms with E-state index in [9.17, 15) is 13.2 Å². The molecule has 2 heterocycles. The molecule has 0 unspecified atom stereocenters. The molecule has 0 aromatic rings. The fourth-order valence-corrected chi connectivity index (χ4v) is 4.22. The van der Waals surface area contributed by atoms with Gasteiger partial charge in [0.25, 0.3) is 0 Å². The molecule has 1 aliphatic carbocycles. The number of nitrogens with zero attached hydrogens (tertiary/aromatic N) is 2. The predicted molar refractivity (Wildman–Crippen MR) is 58.2 cm³/mol. The molecule has 90 valence electrons. The largest absolute Gasteiger partial charge is 0.335 e. The van der Waals surface area contributed by atoms with Crippen molar-refractivity contribution < 1.29 is 13.2 Å². The van der Waals surface area contributed by atoms with Crippen molar-refractivity contribution >= 4 is 15.9 Å². The Labute approximate surface area is 95.4 Å². The summed E-state index contributed by atoms with van der Waals surface area (Å²) in [6.07, 6.45) is 4.61.